The summed E-state index contributed by atoms with van der Waals surface area (Å²) in [6.07, 6.45) is 0. The lowest BCUT2D eigenvalue weighted by Gasteiger charge is -2.21. The molecular formula is C18H19FN4O2S2. The molecule has 1 aromatic heterocycles. The fourth-order valence-corrected chi connectivity index (χ4v) is 4.05. The van der Waals surface area contributed by atoms with E-state index in [4.69, 9.17) is 5.26 Å². The third kappa shape index (κ3) is 5.52. The summed E-state index contributed by atoms with van der Waals surface area (Å²) in [5.74, 6) is -1.64. The van der Waals surface area contributed by atoms with E-state index in [0.29, 0.717) is 10.9 Å². The van der Waals surface area contributed by atoms with Gasteiger partial charge in [0.15, 0.2) is 5.13 Å². The number of nitrogens with zero attached hydrogens (tertiary/aromatic N) is 2. The molecule has 1 aromatic carbocycles. The first-order chi connectivity index (χ1) is 12.8. The van der Waals surface area contributed by atoms with Gasteiger partial charge in [-0.2, -0.15) is 5.26 Å². The van der Waals surface area contributed by atoms with Gasteiger partial charge in [0.25, 0.3) is 5.91 Å². The number of nitrogens with one attached hydrogen (secondary N) is 2. The Bertz CT molecular complexity index is 876. The summed E-state index contributed by atoms with van der Waals surface area (Å²) in [5, 5.41) is 14.4. The molecule has 0 saturated carbocycles. The summed E-state index contributed by atoms with van der Waals surface area (Å²) < 4.78 is 14.6. The van der Waals surface area contributed by atoms with Crippen LogP contribution in [0.4, 0.5) is 9.52 Å². The van der Waals surface area contributed by atoms with Crippen LogP contribution in [0.1, 0.15) is 29.9 Å². The molecule has 0 bridgehead atoms. The van der Waals surface area contributed by atoms with Gasteiger partial charge in [0, 0.05) is 0 Å². The second-order valence-corrected chi connectivity index (χ2v) is 8.25. The Morgan fingerprint density at radius 3 is 2.70 bits per heavy atom. The lowest BCUT2D eigenvalue weighted by atomic mass is 10.0. The van der Waals surface area contributed by atoms with E-state index in [-0.39, 0.29) is 11.5 Å². The van der Waals surface area contributed by atoms with Gasteiger partial charge in [0.1, 0.15) is 11.9 Å². The van der Waals surface area contributed by atoms with Crippen LogP contribution in [0, 0.1) is 30.0 Å². The van der Waals surface area contributed by atoms with Crippen molar-refractivity contribution in [1.29, 1.82) is 5.26 Å². The summed E-state index contributed by atoms with van der Waals surface area (Å²) in [5.41, 5.74) is 0.614. The van der Waals surface area contributed by atoms with Gasteiger partial charge >= 0.3 is 0 Å². The Kier molecular flexibility index (Phi) is 7.33. The number of thiazole rings is 1. The molecule has 0 radical (unpaired) electrons. The molecular weight excluding hydrogens is 387 g/mol. The van der Waals surface area contributed by atoms with E-state index in [9.17, 15) is 14.0 Å². The molecule has 0 spiro atoms. The van der Waals surface area contributed by atoms with Crippen molar-refractivity contribution in [3.05, 3.63) is 41.3 Å². The number of rotatable bonds is 7. The van der Waals surface area contributed by atoms with Crippen molar-refractivity contribution in [3.63, 3.8) is 0 Å². The van der Waals surface area contributed by atoms with Crippen LogP contribution in [0.5, 0.6) is 0 Å². The van der Waals surface area contributed by atoms with Crippen LogP contribution in [0.2, 0.25) is 0 Å². The molecule has 6 nitrogen and oxygen atoms in total. The number of amides is 2. The van der Waals surface area contributed by atoms with Gasteiger partial charge in [-0.05, 0) is 25.0 Å². The monoisotopic (exact) mass is 406 g/mol. The zero-order chi connectivity index (χ0) is 20.0. The van der Waals surface area contributed by atoms with E-state index in [1.54, 1.807) is 26.8 Å². The zero-order valence-corrected chi connectivity index (χ0v) is 16.7. The summed E-state index contributed by atoms with van der Waals surface area (Å²) in [6, 6.07) is 6.80. The van der Waals surface area contributed by atoms with Crippen molar-refractivity contribution in [2.45, 2.75) is 31.0 Å². The van der Waals surface area contributed by atoms with Crippen molar-refractivity contribution in [1.82, 2.24) is 10.3 Å². The Morgan fingerprint density at radius 2 is 2.07 bits per heavy atom. The molecule has 27 heavy (non-hydrogen) atoms. The highest BCUT2D eigenvalue weighted by atomic mass is 32.2. The van der Waals surface area contributed by atoms with Crippen LogP contribution in [0.25, 0.3) is 0 Å². The SMILES string of the molecule is Cc1nc(NC(=O)C(NC(=O)c2ccccc2F)C(C)C)sc1SCC#N. The average Bonchev–Trinajstić information content (AvgIpc) is 2.96. The van der Waals surface area contributed by atoms with Crippen LogP contribution in [0.3, 0.4) is 0 Å². The third-order valence-electron chi connectivity index (χ3n) is 3.61. The van der Waals surface area contributed by atoms with E-state index in [1.807, 2.05) is 6.07 Å². The normalized spacial score (nSPS) is 11.7. The highest BCUT2D eigenvalue weighted by Gasteiger charge is 2.26. The molecule has 0 saturated heterocycles. The Balaban J connectivity index is 2.10. The van der Waals surface area contributed by atoms with Crippen LogP contribution in [-0.2, 0) is 4.79 Å². The third-order valence-corrected chi connectivity index (χ3v) is 5.91. The first-order valence-corrected chi connectivity index (χ1v) is 9.97. The number of hydrogen-bond acceptors (Lipinski definition) is 6. The molecule has 1 heterocycles. The lowest BCUT2D eigenvalue weighted by Crippen LogP contribution is -2.47. The Morgan fingerprint density at radius 1 is 1.37 bits per heavy atom. The number of carbonyl (C=O) groups excluding carboxylic acids is 2. The maximum absolute atomic E-state index is 13.8. The van der Waals surface area contributed by atoms with E-state index in [1.165, 1.54) is 41.3 Å². The van der Waals surface area contributed by atoms with Crippen molar-refractivity contribution in [2.24, 2.45) is 5.92 Å². The second-order valence-electron chi connectivity index (χ2n) is 6.00. The van der Waals surface area contributed by atoms with Crippen molar-refractivity contribution < 1.29 is 14.0 Å². The van der Waals surface area contributed by atoms with Gasteiger partial charge in [-0.1, -0.05) is 49.1 Å². The minimum absolute atomic E-state index is 0.115. The molecule has 1 unspecified atom stereocenters. The minimum Gasteiger partial charge on any atom is -0.340 e. The fraction of sp³-hybridized carbons (Fsp3) is 0.333. The van der Waals surface area contributed by atoms with Crippen LogP contribution >= 0.6 is 23.1 Å². The number of benzene rings is 1. The van der Waals surface area contributed by atoms with Gasteiger partial charge in [-0.3, -0.25) is 9.59 Å². The van der Waals surface area contributed by atoms with Crippen LogP contribution in [0.15, 0.2) is 28.5 Å². The standard InChI is InChI=1S/C18H19FN4O2S2/c1-10(2)14(22-15(24)12-6-4-5-7-13(12)19)16(25)23-18-21-11(3)17(27-18)26-9-8-20/h4-7,10,14H,9H2,1-3H3,(H,22,24)(H,21,23,25). The molecule has 0 aliphatic carbocycles. The number of aromatic nitrogens is 1. The van der Waals surface area contributed by atoms with Crippen molar-refractivity contribution in [2.75, 3.05) is 11.1 Å². The number of hydrogen-bond donors (Lipinski definition) is 2. The van der Waals surface area contributed by atoms with Gasteiger partial charge in [-0.15, -0.1) is 0 Å². The molecule has 9 heteroatoms. The molecule has 2 aromatic rings. The highest BCUT2D eigenvalue weighted by Crippen LogP contribution is 2.31. The molecule has 2 amide bonds. The highest BCUT2D eigenvalue weighted by molar-refractivity contribution is 8.01. The maximum Gasteiger partial charge on any atom is 0.254 e. The van der Waals surface area contributed by atoms with E-state index in [2.05, 4.69) is 15.6 Å². The van der Waals surface area contributed by atoms with Crippen LogP contribution in [-0.4, -0.2) is 28.6 Å². The summed E-state index contributed by atoms with van der Waals surface area (Å²) in [7, 11) is 0. The number of nitriles is 1. The molecule has 0 aliphatic heterocycles. The smallest absolute Gasteiger partial charge is 0.254 e. The molecule has 0 aliphatic rings. The van der Waals surface area contributed by atoms with Gasteiger partial charge in [0.2, 0.25) is 5.91 Å². The largest absolute Gasteiger partial charge is 0.340 e. The zero-order valence-electron chi connectivity index (χ0n) is 15.1. The number of aryl methyl sites for hydroxylation is 1. The van der Waals surface area contributed by atoms with Gasteiger partial charge in [-0.25, -0.2) is 9.37 Å². The summed E-state index contributed by atoms with van der Waals surface area (Å²) >= 11 is 2.62. The second kappa shape index (κ2) is 9.48. The molecule has 2 N–H and O–H groups in total. The van der Waals surface area contributed by atoms with E-state index >= 15 is 0 Å². The molecule has 2 rings (SSSR count). The van der Waals surface area contributed by atoms with E-state index in [0.717, 1.165) is 9.90 Å². The topological polar surface area (TPSA) is 94.9 Å². The first-order valence-electron chi connectivity index (χ1n) is 8.17. The maximum atomic E-state index is 13.8. The number of halogens is 1. The van der Waals surface area contributed by atoms with Crippen LogP contribution < -0.4 is 10.6 Å². The summed E-state index contributed by atoms with van der Waals surface area (Å²) in [6.45, 7) is 5.37. The quantitative estimate of drug-likeness (QED) is 0.685. The predicted octanol–water partition coefficient (Wildman–Crippen LogP) is 3.60. The minimum atomic E-state index is -0.850. The number of anilines is 1. The number of carbonyl (C=O) groups is 2. The lowest BCUT2D eigenvalue weighted by molar-refractivity contribution is -0.118. The molecule has 1 atom stereocenters. The fourth-order valence-electron chi connectivity index (χ4n) is 2.25. The molecule has 142 valence electrons. The van der Waals surface area contributed by atoms with Crippen molar-refractivity contribution in [3.8, 4) is 6.07 Å². The predicted molar refractivity (Wildman–Crippen MR) is 104 cm³/mol. The Hall–Kier alpha value is -2.44. The Labute approximate surface area is 165 Å². The average molecular weight is 407 g/mol. The van der Waals surface area contributed by atoms with Crippen molar-refractivity contribution >= 4 is 40.0 Å². The van der Waals surface area contributed by atoms with Gasteiger partial charge in [0.05, 0.1) is 27.3 Å². The molecule has 0 fully saturated rings. The summed E-state index contributed by atoms with van der Waals surface area (Å²) in [4.78, 5) is 29.2. The van der Waals surface area contributed by atoms with E-state index < -0.39 is 23.7 Å². The first kappa shape index (κ1) is 20.9. The van der Waals surface area contributed by atoms with Gasteiger partial charge < -0.3 is 10.6 Å². The number of thioether (sulfide) groups is 1.